The molecule has 0 fully saturated rings. The molecular weight excluding hydrogens is 226 g/mol. The lowest BCUT2D eigenvalue weighted by atomic mass is 10.1. The van der Waals surface area contributed by atoms with Crippen molar-refractivity contribution in [2.45, 2.75) is 32.6 Å². The summed E-state index contributed by atoms with van der Waals surface area (Å²) in [5, 5.41) is 0. The van der Waals surface area contributed by atoms with Crippen molar-refractivity contribution in [3.8, 4) is 17.2 Å². The Morgan fingerprint density at radius 2 is 1.94 bits per heavy atom. The Morgan fingerprint density at radius 1 is 1.29 bits per heavy atom. The third-order valence-electron chi connectivity index (χ3n) is 2.31. The minimum atomic E-state index is -1.33. The summed E-state index contributed by atoms with van der Waals surface area (Å²) < 4.78 is 5.34. The zero-order valence-electron chi connectivity index (χ0n) is 11.3. The van der Waals surface area contributed by atoms with Gasteiger partial charge in [-0.2, -0.15) is 0 Å². The van der Waals surface area contributed by atoms with Crippen LogP contribution >= 0.6 is 0 Å². The first-order valence-electron chi connectivity index (χ1n) is 5.80. The molecule has 2 nitrogen and oxygen atoms in total. The highest BCUT2D eigenvalue weighted by atomic mass is 28.3. The van der Waals surface area contributed by atoms with E-state index in [1.54, 1.807) is 7.11 Å². The van der Waals surface area contributed by atoms with Gasteiger partial charge in [-0.1, -0.05) is 31.6 Å². The number of benzene rings is 1. The van der Waals surface area contributed by atoms with Gasteiger partial charge >= 0.3 is 0 Å². The second-order valence-corrected chi connectivity index (χ2v) is 10.00. The van der Waals surface area contributed by atoms with Crippen molar-refractivity contribution in [2.24, 2.45) is 5.73 Å². The molecular formula is C14H21NOSi. The van der Waals surface area contributed by atoms with Gasteiger partial charge in [-0.25, -0.2) is 0 Å². The van der Waals surface area contributed by atoms with Gasteiger partial charge in [0.05, 0.1) is 7.11 Å². The van der Waals surface area contributed by atoms with E-state index in [1.807, 2.05) is 25.1 Å². The lowest BCUT2D eigenvalue weighted by Gasteiger charge is -2.11. The molecule has 0 radical (unpaired) electrons. The topological polar surface area (TPSA) is 35.2 Å². The molecule has 0 spiro atoms. The van der Waals surface area contributed by atoms with Gasteiger partial charge in [-0.15, -0.1) is 5.54 Å². The lowest BCUT2D eigenvalue weighted by molar-refractivity contribution is 0.407. The molecule has 0 unspecified atom stereocenters. The Labute approximate surface area is 105 Å². The van der Waals surface area contributed by atoms with Gasteiger partial charge in [0, 0.05) is 17.2 Å². The van der Waals surface area contributed by atoms with Crippen LogP contribution in [-0.2, 0) is 0 Å². The summed E-state index contributed by atoms with van der Waals surface area (Å²) in [5.74, 6) is 4.04. The van der Waals surface area contributed by atoms with Gasteiger partial charge in [0.15, 0.2) is 0 Å². The molecule has 92 valence electrons. The van der Waals surface area contributed by atoms with Crippen LogP contribution in [0.25, 0.3) is 0 Å². The molecule has 0 aliphatic carbocycles. The third kappa shape index (κ3) is 4.26. The standard InChI is InChI=1S/C14H21NOSi/c1-11(15)13-7-6-12(10-14(13)16-2)8-9-17(3,4)5/h6-7,10-11H,15H2,1-5H3/t11-/m0/s1. The fraction of sp³-hybridized carbons (Fsp3) is 0.429. The van der Waals surface area contributed by atoms with Crippen LogP contribution in [0.1, 0.15) is 24.1 Å². The van der Waals surface area contributed by atoms with Gasteiger partial charge in [-0.3, -0.25) is 0 Å². The Morgan fingerprint density at radius 3 is 2.41 bits per heavy atom. The molecule has 0 heterocycles. The summed E-state index contributed by atoms with van der Waals surface area (Å²) in [6.07, 6.45) is 0. The van der Waals surface area contributed by atoms with Crippen LogP contribution in [0.4, 0.5) is 0 Å². The molecule has 0 amide bonds. The van der Waals surface area contributed by atoms with Crippen LogP contribution in [0.5, 0.6) is 5.75 Å². The van der Waals surface area contributed by atoms with E-state index < -0.39 is 8.07 Å². The summed E-state index contributed by atoms with van der Waals surface area (Å²) in [4.78, 5) is 0. The van der Waals surface area contributed by atoms with Crippen molar-refractivity contribution in [2.75, 3.05) is 7.11 Å². The number of nitrogens with two attached hydrogens (primary N) is 1. The highest BCUT2D eigenvalue weighted by molar-refractivity contribution is 6.83. The molecule has 0 aliphatic rings. The maximum absolute atomic E-state index is 5.87. The molecule has 1 atom stereocenters. The second-order valence-electron chi connectivity index (χ2n) is 5.25. The summed E-state index contributed by atoms with van der Waals surface area (Å²) in [6.45, 7) is 8.64. The molecule has 2 N–H and O–H groups in total. The minimum Gasteiger partial charge on any atom is -0.496 e. The van der Waals surface area contributed by atoms with Crippen LogP contribution < -0.4 is 10.5 Å². The average Bonchev–Trinajstić information content (AvgIpc) is 2.24. The van der Waals surface area contributed by atoms with Gasteiger partial charge in [-0.05, 0) is 19.1 Å². The predicted octanol–water partition coefficient (Wildman–Crippen LogP) is 2.94. The number of ether oxygens (including phenoxy) is 1. The van der Waals surface area contributed by atoms with Crippen molar-refractivity contribution >= 4 is 8.07 Å². The molecule has 1 rings (SSSR count). The van der Waals surface area contributed by atoms with Gasteiger partial charge < -0.3 is 10.5 Å². The van der Waals surface area contributed by atoms with E-state index in [4.69, 9.17) is 10.5 Å². The van der Waals surface area contributed by atoms with Gasteiger partial charge in [0.25, 0.3) is 0 Å². The van der Waals surface area contributed by atoms with E-state index >= 15 is 0 Å². The van der Waals surface area contributed by atoms with E-state index in [0.717, 1.165) is 16.9 Å². The fourth-order valence-electron chi connectivity index (χ4n) is 1.42. The summed E-state index contributed by atoms with van der Waals surface area (Å²) in [6, 6.07) is 5.95. The quantitative estimate of drug-likeness (QED) is 0.644. The molecule has 1 aromatic rings. The first kappa shape index (κ1) is 13.8. The minimum absolute atomic E-state index is 0.0241. The molecule has 0 aromatic heterocycles. The largest absolute Gasteiger partial charge is 0.496 e. The van der Waals surface area contributed by atoms with Crippen LogP contribution in [0.15, 0.2) is 18.2 Å². The van der Waals surface area contributed by atoms with Crippen molar-refractivity contribution in [1.82, 2.24) is 0 Å². The van der Waals surface area contributed by atoms with E-state index in [1.165, 1.54) is 0 Å². The second kappa shape index (κ2) is 5.39. The van der Waals surface area contributed by atoms with Crippen molar-refractivity contribution in [1.29, 1.82) is 0 Å². The number of methoxy groups -OCH3 is 1. The number of hydrogen-bond donors (Lipinski definition) is 1. The molecule has 17 heavy (non-hydrogen) atoms. The first-order valence-corrected chi connectivity index (χ1v) is 9.30. The monoisotopic (exact) mass is 247 g/mol. The summed E-state index contributed by atoms with van der Waals surface area (Å²) >= 11 is 0. The molecule has 3 heteroatoms. The van der Waals surface area contributed by atoms with Gasteiger partial charge in [0.2, 0.25) is 0 Å². The SMILES string of the molecule is COc1cc(C#C[Si](C)(C)C)ccc1[C@H](C)N. The lowest BCUT2D eigenvalue weighted by Crippen LogP contribution is -2.16. The van der Waals surface area contributed by atoms with Crippen molar-refractivity contribution in [3.05, 3.63) is 29.3 Å². The molecule has 0 bridgehead atoms. The van der Waals surface area contributed by atoms with E-state index in [-0.39, 0.29) is 6.04 Å². The normalized spacial score (nSPS) is 12.6. The first-order chi connectivity index (χ1) is 7.83. The van der Waals surface area contributed by atoms with E-state index in [2.05, 4.69) is 31.1 Å². The smallest absolute Gasteiger partial charge is 0.129 e. The van der Waals surface area contributed by atoms with Crippen LogP contribution in [0.2, 0.25) is 19.6 Å². The van der Waals surface area contributed by atoms with E-state index in [9.17, 15) is 0 Å². The fourth-order valence-corrected chi connectivity index (χ4v) is 1.94. The van der Waals surface area contributed by atoms with Crippen LogP contribution in [0.3, 0.4) is 0 Å². The summed E-state index contributed by atoms with van der Waals surface area (Å²) in [7, 11) is 0.334. The molecule has 0 aliphatic heterocycles. The van der Waals surface area contributed by atoms with Crippen molar-refractivity contribution < 1.29 is 4.74 Å². The summed E-state index contributed by atoms with van der Waals surface area (Å²) in [5.41, 5.74) is 11.2. The van der Waals surface area contributed by atoms with Crippen LogP contribution in [-0.4, -0.2) is 15.2 Å². The predicted molar refractivity (Wildman–Crippen MR) is 75.8 cm³/mol. The average molecular weight is 247 g/mol. The molecule has 0 saturated heterocycles. The zero-order chi connectivity index (χ0) is 13.1. The third-order valence-corrected chi connectivity index (χ3v) is 3.18. The number of rotatable bonds is 2. The zero-order valence-corrected chi connectivity index (χ0v) is 12.3. The Balaban J connectivity index is 3.09. The van der Waals surface area contributed by atoms with Crippen molar-refractivity contribution in [3.63, 3.8) is 0 Å². The highest BCUT2D eigenvalue weighted by Crippen LogP contribution is 2.24. The van der Waals surface area contributed by atoms with E-state index in [0.29, 0.717) is 0 Å². The maximum atomic E-state index is 5.87. The highest BCUT2D eigenvalue weighted by Gasteiger charge is 2.09. The maximum Gasteiger partial charge on any atom is 0.129 e. The molecule has 1 aromatic carbocycles. The number of hydrogen-bond acceptors (Lipinski definition) is 2. The Kier molecular flexibility index (Phi) is 4.38. The Hall–Kier alpha value is -1.24. The van der Waals surface area contributed by atoms with Gasteiger partial charge in [0.1, 0.15) is 13.8 Å². The Bertz CT molecular complexity index is 450. The van der Waals surface area contributed by atoms with Crippen LogP contribution in [0, 0.1) is 11.5 Å². The molecule has 0 saturated carbocycles.